The van der Waals surface area contributed by atoms with Crippen LogP contribution >= 0.6 is 0 Å². The van der Waals surface area contributed by atoms with E-state index in [2.05, 4.69) is 9.88 Å². The van der Waals surface area contributed by atoms with Crippen LogP contribution in [0.4, 0.5) is 0 Å². The normalized spacial score (nSPS) is 23.2. The van der Waals surface area contributed by atoms with Gasteiger partial charge in [-0.15, -0.1) is 0 Å². The molecule has 1 N–H and O–H groups in total. The zero-order chi connectivity index (χ0) is 18.3. The summed E-state index contributed by atoms with van der Waals surface area (Å²) in [5.74, 6) is 1.25. The van der Waals surface area contributed by atoms with Crippen LogP contribution in [0.2, 0.25) is 0 Å². The number of likely N-dealkylation sites (tertiary alicyclic amines) is 1. The van der Waals surface area contributed by atoms with E-state index in [-0.39, 0.29) is 11.7 Å². The molecule has 0 spiro atoms. The number of fused-ring (bicyclic) bond motifs is 2. The summed E-state index contributed by atoms with van der Waals surface area (Å²) in [6.45, 7) is 2.96. The largest absolute Gasteiger partial charge is 0.507 e. The number of carbonyl (C=O) groups excluding carboxylic acids is 1. The fourth-order valence-corrected chi connectivity index (χ4v) is 5.14. The van der Waals surface area contributed by atoms with Crippen molar-refractivity contribution in [3.05, 3.63) is 23.5 Å². The molecule has 140 valence electrons. The van der Waals surface area contributed by atoms with Gasteiger partial charge in [0.05, 0.1) is 5.39 Å². The van der Waals surface area contributed by atoms with Crippen LogP contribution in [0.15, 0.2) is 12.3 Å². The number of aromatic nitrogens is 2. The van der Waals surface area contributed by atoms with Crippen molar-refractivity contribution in [2.24, 2.45) is 13.0 Å². The molecule has 1 saturated carbocycles. The second-order valence-corrected chi connectivity index (χ2v) is 7.99. The Balaban J connectivity index is 1.53. The highest BCUT2D eigenvalue weighted by Crippen LogP contribution is 2.36. The van der Waals surface area contributed by atoms with Gasteiger partial charge in [-0.25, -0.2) is 4.98 Å². The minimum Gasteiger partial charge on any atom is -0.507 e. The molecule has 4 rings (SSSR count). The molecule has 2 unspecified atom stereocenters. The van der Waals surface area contributed by atoms with Crippen LogP contribution in [-0.2, 0) is 18.3 Å². The SMILES string of the molecule is Cc1c(CCC(=O)N2CCCC3CCCCC32)c2c(O)ccnc2n1C. The predicted molar refractivity (Wildman–Crippen MR) is 102 cm³/mol. The van der Waals surface area contributed by atoms with E-state index in [9.17, 15) is 9.90 Å². The standard InChI is InChI=1S/C21H29N3O2/c1-14-16(20-18(25)11-12-22-21(20)23(14)2)9-10-19(26)24-13-5-7-15-6-3-4-8-17(15)24/h11-12,15,17H,3-10,13H2,1-2H3,(H,22,25). The van der Waals surface area contributed by atoms with E-state index in [0.717, 1.165) is 35.3 Å². The van der Waals surface area contributed by atoms with Crippen molar-refractivity contribution >= 4 is 16.9 Å². The molecule has 1 aliphatic heterocycles. The lowest BCUT2D eigenvalue weighted by molar-refractivity contribution is -0.137. The first kappa shape index (κ1) is 17.4. The number of hydrogen-bond acceptors (Lipinski definition) is 3. The third-order valence-corrected chi connectivity index (χ3v) is 6.62. The van der Waals surface area contributed by atoms with Gasteiger partial charge in [0, 0.05) is 37.9 Å². The Bertz CT molecular complexity index is 824. The number of nitrogens with zero attached hydrogens (tertiary/aromatic N) is 3. The average Bonchev–Trinajstić information content (AvgIpc) is 2.91. The van der Waals surface area contributed by atoms with Gasteiger partial charge in [0.2, 0.25) is 5.91 Å². The van der Waals surface area contributed by atoms with Gasteiger partial charge in [-0.2, -0.15) is 0 Å². The molecular weight excluding hydrogens is 326 g/mol. The van der Waals surface area contributed by atoms with E-state index in [1.165, 1.54) is 32.1 Å². The average molecular weight is 355 g/mol. The Morgan fingerprint density at radius 3 is 2.88 bits per heavy atom. The molecule has 0 aromatic carbocycles. The van der Waals surface area contributed by atoms with Gasteiger partial charge in [-0.3, -0.25) is 4.79 Å². The second-order valence-electron chi connectivity index (χ2n) is 7.99. The molecule has 26 heavy (non-hydrogen) atoms. The topological polar surface area (TPSA) is 58.4 Å². The molecule has 5 heteroatoms. The zero-order valence-electron chi connectivity index (χ0n) is 15.9. The number of hydrogen-bond donors (Lipinski definition) is 1. The second kappa shape index (κ2) is 6.93. The van der Waals surface area contributed by atoms with Gasteiger partial charge in [0.1, 0.15) is 11.4 Å². The molecule has 0 bridgehead atoms. The quantitative estimate of drug-likeness (QED) is 0.913. The number of rotatable bonds is 3. The van der Waals surface area contributed by atoms with Gasteiger partial charge >= 0.3 is 0 Å². The van der Waals surface area contributed by atoms with Gasteiger partial charge in [0.25, 0.3) is 0 Å². The lowest BCUT2D eigenvalue weighted by atomic mass is 9.78. The van der Waals surface area contributed by atoms with E-state index in [1.807, 2.05) is 18.5 Å². The third-order valence-electron chi connectivity index (χ3n) is 6.62. The molecule has 1 aliphatic carbocycles. The summed E-state index contributed by atoms with van der Waals surface area (Å²) < 4.78 is 2.01. The molecule has 2 atom stereocenters. The molecule has 1 amide bonds. The number of piperidine rings is 1. The minimum atomic E-state index is 0.256. The number of carbonyl (C=O) groups is 1. The van der Waals surface area contributed by atoms with Gasteiger partial charge < -0.3 is 14.6 Å². The van der Waals surface area contributed by atoms with E-state index < -0.39 is 0 Å². The summed E-state index contributed by atoms with van der Waals surface area (Å²) in [6.07, 6.45) is 10.3. The first-order valence-electron chi connectivity index (χ1n) is 9.99. The number of amides is 1. The summed E-state index contributed by atoms with van der Waals surface area (Å²) in [4.78, 5) is 19.6. The highest BCUT2D eigenvalue weighted by atomic mass is 16.3. The van der Waals surface area contributed by atoms with E-state index in [0.29, 0.717) is 24.8 Å². The van der Waals surface area contributed by atoms with Gasteiger partial charge in [-0.1, -0.05) is 12.8 Å². The summed E-state index contributed by atoms with van der Waals surface area (Å²) in [5, 5.41) is 11.1. The summed E-state index contributed by atoms with van der Waals surface area (Å²) in [6, 6.07) is 2.10. The number of pyridine rings is 1. The summed E-state index contributed by atoms with van der Waals surface area (Å²) >= 11 is 0. The molecule has 2 aliphatic rings. The van der Waals surface area contributed by atoms with Crippen LogP contribution in [0.3, 0.4) is 0 Å². The van der Waals surface area contributed by atoms with Crippen molar-refractivity contribution in [1.82, 2.24) is 14.5 Å². The number of aromatic hydroxyl groups is 1. The van der Waals surface area contributed by atoms with Gasteiger partial charge in [0.15, 0.2) is 0 Å². The smallest absolute Gasteiger partial charge is 0.223 e. The van der Waals surface area contributed by atoms with E-state index in [1.54, 1.807) is 12.3 Å². The Morgan fingerprint density at radius 2 is 2.04 bits per heavy atom. The van der Waals surface area contributed by atoms with Crippen molar-refractivity contribution < 1.29 is 9.90 Å². The molecular formula is C21H29N3O2. The zero-order valence-corrected chi connectivity index (χ0v) is 15.9. The van der Waals surface area contributed by atoms with Crippen LogP contribution in [-0.4, -0.2) is 38.1 Å². The first-order valence-corrected chi connectivity index (χ1v) is 9.99. The maximum atomic E-state index is 13.0. The first-order chi connectivity index (χ1) is 12.6. The van der Waals surface area contributed by atoms with Crippen molar-refractivity contribution in [3.63, 3.8) is 0 Å². The molecule has 2 fully saturated rings. The third kappa shape index (κ3) is 2.87. The Morgan fingerprint density at radius 1 is 1.27 bits per heavy atom. The van der Waals surface area contributed by atoms with Crippen LogP contribution in [0.1, 0.15) is 56.2 Å². The van der Waals surface area contributed by atoms with Crippen LogP contribution in [0, 0.1) is 12.8 Å². The van der Waals surface area contributed by atoms with Gasteiger partial charge in [-0.05, 0) is 56.6 Å². The summed E-state index contributed by atoms with van der Waals surface area (Å²) in [5.41, 5.74) is 2.92. The fourth-order valence-electron chi connectivity index (χ4n) is 5.14. The Kier molecular flexibility index (Phi) is 4.63. The molecule has 5 nitrogen and oxygen atoms in total. The molecule has 3 heterocycles. The van der Waals surface area contributed by atoms with Crippen molar-refractivity contribution in [2.45, 2.75) is 64.3 Å². The summed E-state index contributed by atoms with van der Waals surface area (Å²) in [7, 11) is 1.96. The fraction of sp³-hybridized carbons (Fsp3) is 0.619. The molecule has 1 saturated heterocycles. The predicted octanol–water partition coefficient (Wildman–Crippen LogP) is 3.70. The van der Waals surface area contributed by atoms with Crippen LogP contribution in [0.5, 0.6) is 5.75 Å². The monoisotopic (exact) mass is 355 g/mol. The maximum Gasteiger partial charge on any atom is 0.223 e. The van der Waals surface area contributed by atoms with Crippen molar-refractivity contribution in [3.8, 4) is 5.75 Å². The van der Waals surface area contributed by atoms with Crippen LogP contribution < -0.4 is 0 Å². The highest BCUT2D eigenvalue weighted by Gasteiger charge is 2.35. The maximum absolute atomic E-state index is 13.0. The molecule has 2 aromatic rings. The molecule has 0 radical (unpaired) electrons. The number of aryl methyl sites for hydroxylation is 2. The lowest BCUT2D eigenvalue weighted by Crippen LogP contribution is -2.49. The highest BCUT2D eigenvalue weighted by molar-refractivity contribution is 5.88. The van der Waals surface area contributed by atoms with Crippen molar-refractivity contribution in [1.29, 1.82) is 0 Å². The van der Waals surface area contributed by atoms with Crippen molar-refractivity contribution in [2.75, 3.05) is 6.54 Å². The van der Waals surface area contributed by atoms with E-state index in [4.69, 9.17) is 0 Å². The Hall–Kier alpha value is -2.04. The van der Waals surface area contributed by atoms with Crippen LogP contribution in [0.25, 0.3) is 11.0 Å². The molecule has 2 aromatic heterocycles. The minimum absolute atomic E-state index is 0.256. The van der Waals surface area contributed by atoms with E-state index >= 15 is 0 Å². The Labute approximate surface area is 155 Å². The lowest BCUT2D eigenvalue weighted by Gasteiger charge is -2.44.